The number of halogens is 3. The number of phenols is 1. The molecule has 0 fully saturated rings. The standard InChI is InChI=1S/C10H11I2NO3.ClH/c1-16-9(14)4-8(13)6-2-5(11)3-7(12)10(6)15;/h2-3,8,15H,4,13H2,1H3;1H/t8-;/m0./s1. The van der Waals surface area contributed by atoms with Crippen LogP contribution >= 0.6 is 57.6 Å². The summed E-state index contributed by atoms with van der Waals surface area (Å²) < 4.78 is 6.23. The van der Waals surface area contributed by atoms with Crippen LogP contribution in [0, 0.1) is 7.14 Å². The second-order valence-electron chi connectivity index (χ2n) is 3.21. The molecular formula is C10H12ClI2NO3. The molecule has 1 atom stereocenters. The fourth-order valence-electron chi connectivity index (χ4n) is 1.24. The van der Waals surface area contributed by atoms with Crippen LogP contribution in [0.2, 0.25) is 0 Å². The summed E-state index contributed by atoms with van der Waals surface area (Å²) in [4.78, 5) is 11.1. The number of rotatable bonds is 3. The molecule has 1 rings (SSSR count). The number of esters is 1. The highest BCUT2D eigenvalue weighted by atomic mass is 127. The third kappa shape index (κ3) is 4.76. The molecule has 0 amide bonds. The number of phenolic OH excluding ortho intramolecular Hbond substituents is 1. The summed E-state index contributed by atoms with van der Waals surface area (Å²) in [6.45, 7) is 0. The van der Waals surface area contributed by atoms with Gasteiger partial charge < -0.3 is 15.6 Å². The van der Waals surface area contributed by atoms with Crippen molar-refractivity contribution in [1.29, 1.82) is 0 Å². The van der Waals surface area contributed by atoms with Gasteiger partial charge in [0.15, 0.2) is 0 Å². The van der Waals surface area contributed by atoms with E-state index in [1.54, 1.807) is 6.07 Å². The van der Waals surface area contributed by atoms with Crippen LogP contribution in [0.4, 0.5) is 0 Å². The van der Waals surface area contributed by atoms with E-state index in [4.69, 9.17) is 5.73 Å². The van der Waals surface area contributed by atoms with E-state index in [2.05, 4.69) is 27.3 Å². The zero-order chi connectivity index (χ0) is 12.3. The summed E-state index contributed by atoms with van der Waals surface area (Å²) in [7, 11) is 1.31. The van der Waals surface area contributed by atoms with Crippen LogP contribution in [0.3, 0.4) is 0 Å². The lowest BCUT2D eigenvalue weighted by molar-refractivity contribution is -0.141. The van der Waals surface area contributed by atoms with Crippen molar-refractivity contribution in [1.82, 2.24) is 0 Å². The Morgan fingerprint density at radius 1 is 1.53 bits per heavy atom. The second-order valence-corrected chi connectivity index (χ2v) is 5.62. The van der Waals surface area contributed by atoms with Crippen LogP contribution < -0.4 is 5.73 Å². The molecule has 0 heterocycles. The van der Waals surface area contributed by atoms with Crippen LogP contribution in [-0.4, -0.2) is 18.2 Å². The number of carbonyl (C=O) groups excluding carboxylic acids is 1. The smallest absolute Gasteiger partial charge is 0.307 e. The molecule has 0 aliphatic rings. The molecule has 0 aromatic heterocycles. The number of methoxy groups -OCH3 is 1. The maximum Gasteiger partial charge on any atom is 0.307 e. The van der Waals surface area contributed by atoms with Crippen molar-refractivity contribution in [3.05, 3.63) is 24.8 Å². The molecule has 0 saturated carbocycles. The fraction of sp³-hybridized carbons (Fsp3) is 0.300. The molecule has 96 valence electrons. The van der Waals surface area contributed by atoms with E-state index in [0.29, 0.717) is 5.56 Å². The Hall–Kier alpha value is 0.200. The molecule has 0 spiro atoms. The van der Waals surface area contributed by atoms with Gasteiger partial charge in [0, 0.05) is 15.2 Å². The Bertz CT molecular complexity index is 415. The van der Waals surface area contributed by atoms with Gasteiger partial charge in [0.25, 0.3) is 0 Å². The van der Waals surface area contributed by atoms with E-state index in [-0.39, 0.29) is 30.5 Å². The molecule has 7 heteroatoms. The predicted octanol–water partition coefficient (Wildman–Crippen LogP) is 2.59. The average Bonchev–Trinajstić information content (AvgIpc) is 2.22. The highest BCUT2D eigenvalue weighted by Crippen LogP contribution is 2.31. The highest BCUT2D eigenvalue weighted by molar-refractivity contribution is 14.1. The number of carbonyl (C=O) groups is 1. The van der Waals surface area contributed by atoms with E-state index in [0.717, 1.165) is 7.14 Å². The molecule has 4 nitrogen and oxygen atoms in total. The van der Waals surface area contributed by atoms with Crippen LogP contribution in [-0.2, 0) is 9.53 Å². The van der Waals surface area contributed by atoms with Gasteiger partial charge in [-0.05, 0) is 57.3 Å². The second kappa shape index (κ2) is 7.59. The van der Waals surface area contributed by atoms with Crippen molar-refractivity contribution in [2.45, 2.75) is 12.5 Å². The average molecular weight is 483 g/mol. The molecule has 1 aromatic carbocycles. The Morgan fingerprint density at radius 2 is 2.12 bits per heavy atom. The number of hydrogen-bond acceptors (Lipinski definition) is 4. The largest absolute Gasteiger partial charge is 0.506 e. The van der Waals surface area contributed by atoms with Crippen molar-refractivity contribution in [3.63, 3.8) is 0 Å². The summed E-state index contributed by atoms with van der Waals surface area (Å²) in [5, 5.41) is 9.84. The van der Waals surface area contributed by atoms with Crippen LogP contribution in [0.25, 0.3) is 0 Å². The first-order chi connectivity index (χ1) is 7.45. The van der Waals surface area contributed by atoms with Crippen LogP contribution in [0.15, 0.2) is 12.1 Å². The van der Waals surface area contributed by atoms with Gasteiger partial charge in [-0.1, -0.05) is 0 Å². The van der Waals surface area contributed by atoms with Gasteiger partial charge in [-0.25, -0.2) is 0 Å². The van der Waals surface area contributed by atoms with Crippen molar-refractivity contribution < 1.29 is 14.6 Å². The van der Waals surface area contributed by atoms with Gasteiger partial charge >= 0.3 is 5.97 Å². The minimum atomic E-state index is -0.546. The lowest BCUT2D eigenvalue weighted by Crippen LogP contribution is -2.16. The molecule has 0 saturated heterocycles. The number of hydrogen-bond donors (Lipinski definition) is 2. The topological polar surface area (TPSA) is 72.5 Å². The van der Waals surface area contributed by atoms with E-state index < -0.39 is 6.04 Å². The molecule has 1 aromatic rings. The lowest BCUT2D eigenvalue weighted by atomic mass is 10.0. The van der Waals surface area contributed by atoms with Gasteiger partial charge in [-0.2, -0.15) is 0 Å². The molecule has 17 heavy (non-hydrogen) atoms. The maximum absolute atomic E-state index is 11.1. The molecule has 0 aliphatic heterocycles. The monoisotopic (exact) mass is 483 g/mol. The third-order valence-electron chi connectivity index (χ3n) is 2.07. The normalized spacial score (nSPS) is 11.5. The predicted molar refractivity (Wildman–Crippen MR) is 84.4 cm³/mol. The first-order valence-electron chi connectivity index (χ1n) is 4.46. The number of aromatic hydroxyl groups is 1. The maximum atomic E-state index is 11.1. The minimum absolute atomic E-state index is 0. The van der Waals surface area contributed by atoms with Crippen molar-refractivity contribution in [2.24, 2.45) is 5.73 Å². The third-order valence-corrected chi connectivity index (χ3v) is 3.52. The van der Waals surface area contributed by atoms with Crippen LogP contribution in [0.5, 0.6) is 5.75 Å². The summed E-state index contributed by atoms with van der Waals surface area (Å²) in [5.74, 6) is -0.252. The van der Waals surface area contributed by atoms with E-state index in [1.807, 2.05) is 28.7 Å². The van der Waals surface area contributed by atoms with Gasteiger partial charge in [-0.3, -0.25) is 4.79 Å². The highest BCUT2D eigenvalue weighted by Gasteiger charge is 2.17. The zero-order valence-electron chi connectivity index (χ0n) is 8.94. The Labute approximate surface area is 133 Å². The summed E-state index contributed by atoms with van der Waals surface area (Å²) >= 11 is 4.16. The SMILES string of the molecule is COC(=O)C[C@H](N)c1cc(I)cc(I)c1O.Cl. The Balaban J connectivity index is 0.00000256. The Kier molecular flexibility index (Phi) is 7.68. The number of benzene rings is 1. The van der Waals surface area contributed by atoms with E-state index in [1.165, 1.54) is 7.11 Å². The molecule has 0 radical (unpaired) electrons. The quantitative estimate of drug-likeness (QED) is 0.512. The van der Waals surface area contributed by atoms with E-state index >= 15 is 0 Å². The van der Waals surface area contributed by atoms with Crippen molar-refractivity contribution in [3.8, 4) is 5.75 Å². The lowest BCUT2D eigenvalue weighted by Gasteiger charge is -2.14. The van der Waals surface area contributed by atoms with Gasteiger partial charge in [0.2, 0.25) is 0 Å². The zero-order valence-corrected chi connectivity index (χ0v) is 14.1. The van der Waals surface area contributed by atoms with Crippen molar-refractivity contribution in [2.75, 3.05) is 7.11 Å². The van der Waals surface area contributed by atoms with E-state index in [9.17, 15) is 9.90 Å². The minimum Gasteiger partial charge on any atom is -0.506 e. The van der Waals surface area contributed by atoms with Crippen LogP contribution in [0.1, 0.15) is 18.0 Å². The van der Waals surface area contributed by atoms with Gasteiger partial charge in [0.1, 0.15) is 5.75 Å². The summed E-state index contributed by atoms with van der Waals surface area (Å²) in [5.41, 5.74) is 6.41. The molecule has 3 N–H and O–H groups in total. The molecule has 0 unspecified atom stereocenters. The Morgan fingerprint density at radius 3 is 2.65 bits per heavy atom. The number of nitrogens with two attached hydrogens (primary N) is 1. The fourth-order valence-corrected chi connectivity index (χ4v) is 3.13. The van der Waals surface area contributed by atoms with Gasteiger partial charge in [-0.15, -0.1) is 12.4 Å². The van der Waals surface area contributed by atoms with Crippen molar-refractivity contribution >= 4 is 63.6 Å². The summed E-state index contributed by atoms with van der Waals surface area (Å²) in [6, 6.07) is 3.06. The first kappa shape index (κ1) is 17.2. The summed E-state index contributed by atoms with van der Waals surface area (Å²) in [6.07, 6.45) is 0.0558. The molecule has 0 bridgehead atoms. The number of ether oxygens (including phenoxy) is 1. The van der Waals surface area contributed by atoms with Gasteiger partial charge in [0.05, 0.1) is 17.1 Å². The molecular weight excluding hydrogens is 471 g/mol. The molecule has 0 aliphatic carbocycles. The first-order valence-corrected chi connectivity index (χ1v) is 6.61.